The SMILES string of the molecule is CC(C)c1ccc([C@](O)(c2cnc(F)c(-c3nc([C@H]4CC[C@H](O)CC4)n(C4CC4)n3)c2)C2(C)CN(C)C2)cc1. The van der Waals surface area contributed by atoms with E-state index < -0.39 is 17.0 Å². The molecule has 3 fully saturated rings. The van der Waals surface area contributed by atoms with E-state index in [0.29, 0.717) is 36.4 Å². The number of benzene rings is 1. The zero-order valence-electron chi connectivity index (χ0n) is 23.4. The van der Waals surface area contributed by atoms with Gasteiger partial charge in [-0.3, -0.25) is 0 Å². The molecule has 0 spiro atoms. The topological polar surface area (TPSA) is 87.3 Å². The molecule has 0 bridgehead atoms. The lowest BCUT2D eigenvalue weighted by atomic mass is 9.62. The van der Waals surface area contributed by atoms with Crippen molar-refractivity contribution in [3.63, 3.8) is 0 Å². The molecule has 0 amide bonds. The van der Waals surface area contributed by atoms with Crippen LogP contribution in [0.2, 0.25) is 0 Å². The summed E-state index contributed by atoms with van der Waals surface area (Å²) < 4.78 is 17.4. The van der Waals surface area contributed by atoms with Gasteiger partial charge in [-0.1, -0.05) is 45.0 Å². The molecule has 0 unspecified atom stereocenters. The van der Waals surface area contributed by atoms with Crippen molar-refractivity contribution in [2.24, 2.45) is 5.41 Å². The minimum Gasteiger partial charge on any atom is -0.393 e. The number of nitrogens with zero attached hydrogens (tertiary/aromatic N) is 5. The molecule has 39 heavy (non-hydrogen) atoms. The van der Waals surface area contributed by atoms with E-state index in [1.807, 2.05) is 23.9 Å². The van der Waals surface area contributed by atoms with E-state index >= 15 is 4.39 Å². The smallest absolute Gasteiger partial charge is 0.224 e. The van der Waals surface area contributed by atoms with E-state index in [2.05, 4.69) is 42.8 Å². The molecule has 1 saturated heterocycles. The van der Waals surface area contributed by atoms with E-state index in [1.165, 1.54) is 11.8 Å². The molecule has 7 nitrogen and oxygen atoms in total. The van der Waals surface area contributed by atoms with Crippen molar-refractivity contribution >= 4 is 0 Å². The second kappa shape index (κ2) is 9.75. The minimum atomic E-state index is -1.37. The molecule has 6 rings (SSSR count). The summed E-state index contributed by atoms with van der Waals surface area (Å²) in [5.74, 6) is 1.16. The van der Waals surface area contributed by atoms with Crippen LogP contribution in [0, 0.1) is 11.4 Å². The predicted molar refractivity (Wildman–Crippen MR) is 148 cm³/mol. The van der Waals surface area contributed by atoms with Crippen LogP contribution in [-0.4, -0.2) is 61.1 Å². The highest BCUT2D eigenvalue weighted by Gasteiger charge is 2.55. The summed E-state index contributed by atoms with van der Waals surface area (Å²) in [6, 6.07) is 10.1. The number of pyridine rings is 1. The molecule has 1 atom stereocenters. The van der Waals surface area contributed by atoms with E-state index in [0.717, 1.165) is 49.9 Å². The first kappa shape index (κ1) is 26.5. The van der Waals surface area contributed by atoms with Gasteiger partial charge in [0.2, 0.25) is 5.95 Å². The quantitative estimate of drug-likeness (QED) is 0.409. The Hall–Kier alpha value is -2.68. The first-order valence-corrected chi connectivity index (χ1v) is 14.4. The van der Waals surface area contributed by atoms with Crippen LogP contribution in [0.25, 0.3) is 11.4 Å². The van der Waals surface area contributed by atoms with Gasteiger partial charge >= 0.3 is 0 Å². The summed E-state index contributed by atoms with van der Waals surface area (Å²) in [5, 5.41) is 27.4. The number of hydrogen-bond donors (Lipinski definition) is 2. The fourth-order valence-electron chi connectivity index (χ4n) is 6.80. The van der Waals surface area contributed by atoms with Crippen molar-refractivity contribution in [1.29, 1.82) is 0 Å². The number of halogens is 1. The Morgan fingerprint density at radius 3 is 2.28 bits per heavy atom. The molecule has 8 heteroatoms. The first-order valence-electron chi connectivity index (χ1n) is 14.4. The van der Waals surface area contributed by atoms with E-state index in [1.54, 1.807) is 6.07 Å². The van der Waals surface area contributed by atoms with Gasteiger partial charge in [0.1, 0.15) is 11.4 Å². The monoisotopic (exact) mass is 533 g/mol. The number of hydrogen-bond acceptors (Lipinski definition) is 6. The summed E-state index contributed by atoms with van der Waals surface area (Å²) in [7, 11) is 2.04. The van der Waals surface area contributed by atoms with Crippen LogP contribution in [0.15, 0.2) is 36.5 Å². The first-order chi connectivity index (χ1) is 18.6. The van der Waals surface area contributed by atoms with Gasteiger partial charge in [0.05, 0.1) is 17.7 Å². The Morgan fingerprint density at radius 2 is 1.69 bits per heavy atom. The third kappa shape index (κ3) is 4.60. The van der Waals surface area contributed by atoms with Crippen molar-refractivity contribution in [3.8, 4) is 11.4 Å². The summed E-state index contributed by atoms with van der Waals surface area (Å²) >= 11 is 0. The summed E-state index contributed by atoms with van der Waals surface area (Å²) in [6.07, 6.45) is 6.51. The number of aliphatic hydroxyl groups is 2. The zero-order valence-corrected chi connectivity index (χ0v) is 23.4. The van der Waals surface area contributed by atoms with Gasteiger partial charge in [0.25, 0.3) is 0 Å². The molecule has 3 heterocycles. The molecule has 1 aromatic carbocycles. The van der Waals surface area contributed by atoms with E-state index in [4.69, 9.17) is 10.1 Å². The fraction of sp³-hybridized carbons (Fsp3) is 0.581. The number of aromatic nitrogens is 4. The van der Waals surface area contributed by atoms with Crippen molar-refractivity contribution < 1.29 is 14.6 Å². The summed E-state index contributed by atoms with van der Waals surface area (Å²) in [6.45, 7) is 7.79. The lowest BCUT2D eigenvalue weighted by Crippen LogP contribution is -2.63. The van der Waals surface area contributed by atoms with E-state index in [-0.39, 0.29) is 17.6 Å². The molecule has 2 aliphatic carbocycles. The van der Waals surface area contributed by atoms with Crippen LogP contribution in [0.3, 0.4) is 0 Å². The molecular formula is C31H40FN5O2. The molecule has 208 valence electrons. The largest absolute Gasteiger partial charge is 0.393 e. The van der Waals surface area contributed by atoms with Gasteiger partial charge in [-0.05, 0) is 68.7 Å². The van der Waals surface area contributed by atoms with Gasteiger partial charge < -0.3 is 15.1 Å². The Bertz CT molecular complexity index is 1340. The molecule has 2 saturated carbocycles. The lowest BCUT2D eigenvalue weighted by Gasteiger charge is -2.55. The van der Waals surface area contributed by atoms with Crippen molar-refractivity contribution in [3.05, 3.63) is 65.0 Å². The third-order valence-electron chi connectivity index (χ3n) is 9.22. The van der Waals surface area contributed by atoms with E-state index in [9.17, 15) is 10.2 Å². The maximum absolute atomic E-state index is 15.4. The van der Waals surface area contributed by atoms with Gasteiger partial charge in [-0.25, -0.2) is 14.6 Å². The van der Waals surface area contributed by atoms with Crippen LogP contribution in [0.5, 0.6) is 0 Å². The molecule has 2 N–H and O–H groups in total. The highest BCUT2D eigenvalue weighted by molar-refractivity contribution is 5.57. The summed E-state index contributed by atoms with van der Waals surface area (Å²) in [5.41, 5.74) is 0.903. The van der Waals surface area contributed by atoms with Gasteiger partial charge in [0, 0.05) is 36.2 Å². The molecule has 2 aromatic heterocycles. The van der Waals surface area contributed by atoms with Gasteiger partial charge in [0.15, 0.2) is 5.82 Å². The Balaban J connectivity index is 1.43. The predicted octanol–water partition coefficient (Wildman–Crippen LogP) is 5.14. The summed E-state index contributed by atoms with van der Waals surface area (Å²) in [4.78, 5) is 11.2. The highest BCUT2D eigenvalue weighted by Crippen LogP contribution is 2.51. The average molecular weight is 534 g/mol. The minimum absolute atomic E-state index is 0.204. The Kier molecular flexibility index (Phi) is 6.63. The van der Waals surface area contributed by atoms with Gasteiger partial charge in [-0.2, -0.15) is 9.49 Å². The maximum atomic E-state index is 15.4. The zero-order chi connectivity index (χ0) is 27.5. The average Bonchev–Trinajstić information content (AvgIpc) is 3.66. The maximum Gasteiger partial charge on any atom is 0.224 e. The lowest BCUT2D eigenvalue weighted by molar-refractivity contribution is -0.127. The number of likely N-dealkylation sites (tertiary alicyclic amines) is 1. The second-order valence-corrected chi connectivity index (χ2v) is 12.8. The molecule has 3 aromatic rings. The molecular weight excluding hydrogens is 493 g/mol. The van der Waals surface area contributed by atoms with Crippen molar-refractivity contribution in [1.82, 2.24) is 24.6 Å². The number of rotatable bonds is 7. The van der Waals surface area contributed by atoms with Crippen LogP contribution in [0.1, 0.15) is 99.7 Å². The standard InChI is InChI=1S/C31H40FN5O2/c1-19(2)20-5-9-22(10-6-20)31(39,30(3)17-36(4)18-30)23-15-26(27(32)33-16-23)28-34-29(37(35-28)24-11-12-24)21-7-13-25(38)14-8-21/h5-6,9-10,15-16,19,21,24-25,38-39H,7-8,11-14,17-18H2,1-4H3/t21-,25-,31-/m0/s1. The second-order valence-electron chi connectivity index (χ2n) is 12.8. The van der Waals surface area contributed by atoms with Crippen LogP contribution in [0.4, 0.5) is 4.39 Å². The van der Waals surface area contributed by atoms with Crippen LogP contribution < -0.4 is 0 Å². The van der Waals surface area contributed by atoms with Crippen molar-refractivity contribution in [2.45, 2.75) is 88.9 Å². The van der Waals surface area contributed by atoms with Crippen LogP contribution >= 0.6 is 0 Å². The highest BCUT2D eigenvalue weighted by atomic mass is 19.1. The Morgan fingerprint density at radius 1 is 1.03 bits per heavy atom. The molecule has 0 radical (unpaired) electrons. The third-order valence-corrected chi connectivity index (χ3v) is 9.22. The number of aliphatic hydroxyl groups excluding tert-OH is 1. The Labute approximate surface area is 230 Å². The fourth-order valence-corrected chi connectivity index (χ4v) is 6.80. The van der Waals surface area contributed by atoms with Crippen LogP contribution in [-0.2, 0) is 5.60 Å². The normalized spacial score (nSPS) is 24.9. The van der Waals surface area contributed by atoms with Gasteiger partial charge in [-0.15, -0.1) is 0 Å². The molecule has 3 aliphatic rings. The van der Waals surface area contributed by atoms with Crippen molar-refractivity contribution in [2.75, 3.05) is 20.1 Å². The molecule has 1 aliphatic heterocycles.